The first kappa shape index (κ1) is 11.8. The van der Waals surface area contributed by atoms with Gasteiger partial charge in [0.15, 0.2) is 0 Å². The minimum absolute atomic E-state index is 0.388. The third kappa shape index (κ3) is 3.14. The van der Waals surface area contributed by atoms with Gasteiger partial charge >= 0.3 is 0 Å². The highest BCUT2D eigenvalue weighted by Gasteiger charge is 2.03. The van der Waals surface area contributed by atoms with E-state index < -0.39 is 0 Å². The van der Waals surface area contributed by atoms with Gasteiger partial charge in [0.25, 0.3) is 0 Å². The summed E-state index contributed by atoms with van der Waals surface area (Å²) in [5, 5.41) is 3.26. The second kappa shape index (κ2) is 5.60. The van der Waals surface area contributed by atoms with Crippen LogP contribution in [0.15, 0.2) is 48.7 Å². The lowest BCUT2D eigenvalue weighted by Gasteiger charge is -2.11. The summed E-state index contributed by atoms with van der Waals surface area (Å²) in [5.41, 5.74) is 3.74. The molecular weight excluding hydrogens is 208 g/mol. The maximum atomic E-state index is 4.35. The van der Waals surface area contributed by atoms with Gasteiger partial charge < -0.3 is 5.32 Å². The zero-order valence-corrected chi connectivity index (χ0v) is 10.4. The van der Waals surface area contributed by atoms with E-state index in [1.807, 2.05) is 25.4 Å². The van der Waals surface area contributed by atoms with Gasteiger partial charge in [0.1, 0.15) is 0 Å². The Kier molecular flexibility index (Phi) is 3.89. The Morgan fingerprint density at radius 3 is 2.76 bits per heavy atom. The first-order valence-electron chi connectivity index (χ1n) is 5.95. The molecular formula is C15H18N2. The Balaban J connectivity index is 2.17. The molecule has 0 fully saturated rings. The molecule has 0 amide bonds. The van der Waals surface area contributed by atoms with Crippen molar-refractivity contribution in [2.75, 3.05) is 7.05 Å². The molecule has 2 heteroatoms. The van der Waals surface area contributed by atoms with Crippen LogP contribution in [-0.2, 0) is 6.42 Å². The largest absolute Gasteiger partial charge is 0.313 e. The van der Waals surface area contributed by atoms with Crippen molar-refractivity contribution in [3.8, 4) is 0 Å². The maximum absolute atomic E-state index is 4.35. The summed E-state index contributed by atoms with van der Waals surface area (Å²) in [7, 11) is 1.98. The first-order chi connectivity index (χ1) is 8.29. The lowest BCUT2D eigenvalue weighted by atomic mass is 10.0. The van der Waals surface area contributed by atoms with E-state index in [0.717, 1.165) is 12.1 Å². The van der Waals surface area contributed by atoms with Gasteiger partial charge in [-0.05, 0) is 37.2 Å². The standard InChI is InChI=1S/C15H18N2/c1-12(16-2)14-7-5-6-13(10-14)11-15-8-3-4-9-17-15/h3-10,12,16H,11H2,1-2H3. The highest BCUT2D eigenvalue weighted by atomic mass is 14.8. The van der Waals surface area contributed by atoms with Gasteiger partial charge in [-0.15, -0.1) is 0 Å². The molecule has 0 saturated heterocycles. The molecule has 2 aromatic rings. The molecule has 1 N–H and O–H groups in total. The van der Waals surface area contributed by atoms with Crippen molar-refractivity contribution in [1.82, 2.24) is 10.3 Å². The lowest BCUT2D eigenvalue weighted by molar-refractivity contribution is 0.651. The topological polar surface area (TPSA) is 24.9 Å². The quantitative estimate of drug-likeness (QED) is 0.867. The fourth-order valence-corrected chi connectivity index (χ4v) is 1.85. The fourth-order valence-electron chi connectivity index (χ4n) is 1.85. The molecule has 2 rings (SSSR count). The summed E-state index contributed by atoms with van der Waals surface area (Å²) >= 11 is 0. The van der Waals surface area contributed by atoms with Crippen molar-refractivity contribution in [2.45, 2.75) is 19.4 Å². The minimum atomic E-state index is 0.388. The molecule has 0 aliphatic rings. The molecule has 1 aromatic carbocycles. The summed E-state index contributed by atoms with van der Waals surface area (Å²) in [6, 6.07) is 15.1. The van der Waals surface area contributed by atoms with Gasteiger partial charge in [-0.2, -0.15) is 0 Å². The lowest BCUT2D eigenvalue weighted by Crippen LogP contribution is -2.12. The van der Waals surface area contributed by atoms with E-state index in [4.69, 9.17) is 0 Å². The molecule has 88 valence electrons. The summed E-state index contributed by atoms with van der Waals surface area (Å²) in [6.07, 6.45) is 2.74. The number of rotatable bonds is 4. The van der Waals surface area contributed by atoms with Crippen LogP contribution in [0.2, 0.25) is 0 Å². The Hall–Kier alpha value is -1.67. The van der Waals surface area contributed by atoms with Gasteiger partial charge in [0.2, 0.25) is 0 Å². The van der Waals surface area contributed by atoms with Crippen LogP contribution < -0.4 is 5.32 Å². The molecule has 0 saturated carbocycles. The van der Waals surface area contributed by atoms with Crippen LogP contribution in [0.5, 0.6) is 0 Å². The highest BCUT2D eigenvalue weighted by molar-refractivity contribution is 5.28. The van der Waals surface area contributed by atoms with E-state index in [2.05, 4.69) is 47.6 Å². The van der Waals surface area contributed by atoms with Crippen LogP contribution in [0.25, 0.3) is 0 Å². The molecule has 0 radical (unpaired) electrons. The number of hydrogen-bond acceptors (Lipinski definition) is 2. The Labute approximate surface area is 103 Å². The smallest absolute Gasteiger partial charge is 0.0447 e. The minimum Gasteiger partial charge on any atom is -0.313 e. The molecule has 0 spiro atoms. The molecule has 1 unspecified atom stereocenters. The van der Waals surface area contributed by atoms with E-state index in [1.54, 1.807) is 0 Å². The van der Waals surface area contributed by atoms with E-state index in [0.29, 0.717) is 6.04 Å². The van der Waals surface area contributed by atoms with Crippen molar-refractivity contribution in [2.24, 2.45) is 0 Å². The Morgan fingerprint density at radius 2 is 2.06 bits per heavy atom. The number of nitrogens with one attached hydrogen (secondary N) is 1. The van der Waals surface area contributed by atoms with Crippen LogP contribution >= 0.6 is 0 Å². The molecule has 1 aromatic heterocycles. The van der Waals surface area contributed by atoms with Crippen LogP contribution in [0, 0.1) is 0 Å². The Bertz CT molecular complexity index is 465. The van der Waals surface area contributed by atoms with Crippen LogP contribution in [0.4, 0.5) is 0 Å². The first-order valence-corrected chi connectivity index (χ1v) is 5.95. The number of pyridine rings is 1. The van der Waals surface area contributed by atoms with Crippen LogP contribution in [0.3, 0.4) is 0 Å². The van der Waals surface area contributed by atoms with E-state index in [1.165, 1.54) is 11.1 Å². The molecule has 1 atom stereocenters. The molecule has 0 aliphatic heterocycles. The van der Waals surface area contributed by atoms with Gasteiger partial charge in [0, 0.05) is 24.4 Å². The predicted molar refractivity (Wildman–Crippen MR) is 71.0 cm³/mol. The number of benzene rings is 1. The third-order valence-electron chi connectivity index (χ3n) is 3.00. The Morgan fingerprint density at radius 1 is 1.18 bits per heavy atom. The average Bonchev–Trinajstić information content (AvgIpc) is 2.39. The summed E-state index contributed by atoms with van der Waals surface area (Å²) in [5.74, 6) is 0. The average molecular weight is 226 g/mol. The van der Waals surface area contributed by atoms with Crippen molar-refractivity contribution < 1.29 is 0 Å². The van der Waals surface area contributed by atoms with Crippen molar-refractivity contribution in [3.05, 3.63) is 65.5 Å². The normalized spacial score (nSPS) is 12.4. The predicted octanol–water partition coefficient (Wildman–Crippen LogP) is 2.95. The SMILES string of the molecule is CNC(C)c1cccc(Cc2ccccn2)c1. The zero-order valence-electron chi connectivity index (χ0n) is 10.4. The fraction of sp³-hybridized carbons (Fsp3) is 0.267. The van der Waals surface area contributed by atoms with E-state index in [9.17, 15) is 0 Å². The summed E-state index contributed by atoms with van der Waals surface area (Å²) < 4.78 is 0. The molecule has 2 nitrogen and oxygen atoms in total. The number of aromatic nitrogens is 1. The second-order valence-corrected chi connectivity index (χ2v) is 4.25. The highest BCUT2D eigenvalue weighted by Crippen LogP contribution is 2.15. The van der Waals surface area contributed by atoms with Gasteiger partial charge in [-0.1, -0.05) is 30.3 Å². The van der Waals surface area contributed by atoms with Crippen molar-refractivity contribution in [3.63, 3.8) is 0 Å². The zero-order chi connectivity index (χ0) is 12.1. The molecule has 0 bridgehead atoms. The van der Waals surface area contributed by atoms with Crippen molar-refractivity contribution >= 4 is 0 Å². The third-order valence-corrected chi connectivity index (χ3v) is 3.00. The molecule has 0 aliphatic carbocycles. The number of nitrogens with zero attached hydrogens (tertiary/aromatic N) is 1. The summed E-state index contributed by atoms with van der Waals surface area (Å²) in [6.45, 7) is 2.17. The van der Waals surface area contributed by atoms with Crippen LogP contribution in [0.1, 0.15) is 29.8 Å². The van der Waals surface area contributed by atoms with Gasteiger partial charge in [0.05, 0.1) is 0 Å². The van der Waals surface area contributed by atoms with Gasteiger partial charge in [-0.25, -0.2) is 0 Å². The van der Waals surface area contributed by atoms with Crippen LogP contribution in [-0.4, -0.2) is 12.0 Å². The maximum Gasteiger partial charge on any atom is 0.0447 e. The van der Waals surface area contributed by atoms with E-state index >= 15 is 0 Å². The molecule has 1 heterocycles. The second-order valence-electron chi connectivity index (χ2n) is 4.25. The van der Waals surface area contributed by atoms with E-state index in [-0.39, 0.29) is 0 Å². The van der Waals surface area contributed by atoms with Crippen molar-refractivity contribution in [1.29, 1.82) is 0 Å². The monoisotopic (exact) mass is 226 g/mol. The molecule has 17 heavy (non-hydrogen) atoms. The summed E-state index contributed by atoms with van der Waals surface area (Å²) in [4.78, 5) is 4.35. The number of hydrogen-bond donors (Lipinski definition) is 1. The van der Waals surface area contributed by atoms with Gasteiger partial charge in [-0.3, -0.25) is 4.98 Å².